The third kappa shape index (κ3) is 3.55. The Morgan fingerprint density at radius 2 is 2.07 bits per heavy atom. The number of benzene rings is 1. The van der Waals surface area contributed by atoms with Crippen molar-refractivity contribution in [3.8, 4) is 0 Å². The van der Waals surface area contributed by atoms with Crippen molar-refractivity contribution in [3.63, 3.8) is 0 Å². The van der Waals surface area contributed by atoms with Crippen LogP contribution in [0.2, 0.25) is 0 Å². The highest BCUT2D eigenvalue weighted by Crippen LogP contribution is 2.10. The lowest BCUT2D eigenvalue weighted by molar-refractivity contribution is -0.108. The van der Waals surface area contributed by atoms with E-state index < -0.39 is 17.4 Å². The number of halogens is 2. The summed E-state index contributed by atoms with van der Waals surface area (Å²) in [5.41, 5.74) is 0.0917. The molecule has 0 N–H and O–H groups in total. The number of carbonyl (C=O) groups is 1. The number of hydrogen-bond donors (Lipinski definition) is 0. The van der Waals surface area contributed by atoms with E-state index in [-0.39, 0.29) is 16.8 Å². The number of allylic oxidation sites excluding steroid dienone is 1. The maximum Gasteiger partial charge on any atom is 0.191 e. The van der Waals surface area contributed by atoms with E-state index in [0.717, 1.165) is 23.6 Å². The summed E-state index contributed by atoms with van der Waals surface area (Å²) in [5, 5.41) is 0.845. The summed E-state index contributed by atoms with van der Waals surface area (Å²) in [6.07, 6.45) is 2.23. The fourth-order valence-electron chi connectivity index (χ4n) is 0.895. The number of rotatable bonds is 3. The van der Waals surface area contributed by atoms with Gasteiger partial charge in [-0.25, -0.2) is 13.0 Å². The van der Waals surface area contributed by atoms with Crippen LogP contribution in [0.25, 0.3) is 6.08 Å². The van der Waals surface area contributed by atoms with Gasteiger partial charge in [0.05, 0.1) is 16.6 Å². The zero-order chi connectivity index (χ0) is 11.3. The van der Waals surface area contributed by atoms with E-state index in [2.05, 4.69) is 0 Å². The van der Waals surface area contributed by atoms with Gasteiger partial charge in [0.25, 0.3) is 0 Å². The SMILES string of the molecule is O=S=CC(=O)C=Cc1ccc(F)cc1F. The van der Waals surface area contributed by atoms with E-state index in [1.807, 2.05) is 0 Å². The van der Waals surface area contributed by atoms with Gasteiger partial charge in [0, 0.05) is 11.6 Å². The van der Waals surface area contributed by atoms with Crippen LogP contribution >= 0.6 is 0 Å². The van der Waals surface area contributed by atoms with Gasteiger partial charge in [0.15, 0.2) is 5.78 Å². The average Bonchev–Trinajstić information content (AvgIpc) is 2.17. The van der Waals surface area contributed by atoms with Crippen molar-refractivity contribution in [3.05, 3.63) is 41.5 Å². The lowest BCUT2D eigenvalue weighted by atomic mass is 10.2. The van der Waals surface area contributed by atoms with E-state index in [1.165, 1.54) is 12.1 Å². The number of carbonyl (C=O) groups excluding carboxylic acids is 1. The minimum Gasteiger partial charge on any atom is -0.289 e. The molecule has 0 saturated heterocycles. The van der Waals surface area contributed by atoms with Crippen molar-refractivity contribution in [1.29, 1.82) is 0 Å². The zero-order valence-corrected chi connectivity index (χ0v) is 8.26. The molecular weight excluding hydrogens is 222 g/mol. The average molecular weight is 228 g/mol. The second-order valence-electron chi connectivity index (χ2n) is 2.62. The Hall–Kier alpha value is -1.62. The van der Waals surface area contributed by atoms with Gasteiger partial charge in [-0.1, -0.05) is 0 Å². The molecule has 0 aliphatic heterocycles. The molecule has 0 amide bonds. The second-order valence-corrected chi connectivity index (χ2v) is 3.04. The molecule has 0 aromatic heterocycles. The normalized spacial score (nSPS) is 10.3. The first-order valence-electron chi connectivity index (χ1n) is 3.92. The van der Waals surface area contributed by atoms with Gasteiger partial charge in [0.2, 0.25) is 0 Å². The quantitative estimate of drug-likeness (QED) is 0.581. The monoisotopic (exact) mass is 228 g/mol. The predicted octanol–water partition coefficient (Wildman–Crippen LogP) is 1.56. The molecule has 0 bridgehead atoms. The Balaban J connectivity index is 2.90. The molecule has 1 rings (SSSR count). The maximum absolute atomic E-state index is 13.0. The van der Waals surface area contributed by atoms with Crippen LogP contribution in [0.3, 0.4) is 0 Å². The highest BCUT2D eigenvalue weighted by atomic mass is 32.1. The van der Waals surface area contributed by atoms with Crippen LogP contribution in [0.15, 0.2) is 24.3 Å². The molecular formula is C10H6F2O2S. The van der Waals surface area contributed by atoms with E-state index >= 15 is 0 Å². The molecule has 0 radical (unpaired) electrons. The van der Waals surface area contributed by atoms with Gasteiger partial charge in [0.1, 0.15) is 11.6 Å². The molecule has 5 heteroatoms. The molecule has 0 spiro atoms. The summed E-state index contributed by atoms with van der Waals surface area (Å²) in [6.45, 7) is 0. The second kappa shape index (κ2) is 5.31. The Bertz CT molecular complexity index is 462. The molecule has 0 saturated carbocycles. The molecule has 2 nitrogen and oxygen atoms in total. The van der Waals surface area contributed by atoms with Gasteiger partial charge in [-0.2, -0.15) is 0 Å². The maximum atomic E-state index is 13.0. The van der Waals surface area contributed by atoms with Gasteiger partial charge in [-0.15, -0.1) is 0 Å². The third-order valence-corrected chi connectivity index (χ3v) is 1.88. The van der Waals surface area contributed by atoms with Crippen molar-refractivity contribution in [2.45, 2.75) is 0 Å². The minimum atomic E-state index is -0.756. The topological polar surface area (TPSA) is 34.1 Å². The molecule has 0 aliphatic rings. The van der Waals surface area contributed by atoms with Crippen LogP contribution < -0.4 is 0 Å². The van der Waals surface area contributed by atoms with Crippen molar-refractivity contribution >= 4 is 28.5 Å². The molecule has 0 aliphatic carbocycles. The Kier molecular flexibility index (Phi) is 4.05. The first-order valence-corrected chi connectivity index (χ1v) is 4.73. The first-order chi connectivity index (χ1) is 7.13. The molecule has 0 atom stereocenters. The molecule has 78 valence electrons. The Morgan fingerprint density at radius 3 is 2.67 bits per heavy atom. The predicted molar refractivity (Wildman–Crippen MR) is 54.6 cm³/mol. The summed E-state index contributed by atoms with van der Waals surface area (Å²) >= 11 is 0.0220. The van der Waals surface area contributed by atoms with Crippen LogP contribution in [0.5, 0.6) is 0 Å². The van der Waals surface area contributed by atoms with Gasteiger partial charge < -0.3 is 0 Å². The Labute approximate surface area is 88.3 Å². The fraction of sp³-hybridized carbons (Fsp3) is 0. The molecule has 15 heavy (non-hydrogen) atoms. The van der Waals surface area contributed by atoms with E-state index in [1.54, 1.807) is 0 Å². The largest absolute Gasteiger partial charge is 0.289 e. The van der Waals surface area contributed by atoms with Crippen molar-refractivity contribution < 1.29 is 17.8 Å². The van der Waals surface area contributed by atoms with E-state index in [0.29, 0.717) is 0 Å². The van der Waals surface area contributed by atoms with Crippen LogP contribution in [0.1, 0.15) is 5.56 Å². The highest BCUT2D eigenvalue weighted by Gasteiger charge is 2.00. The minimum absolute atomic E-state index is 0.0220. The van der Waals surface area contributed by atoms with Crippen LogP contribution in [0, 0.1) is 11.6 Å². The highest BCUT2D eigenvalue weighted by molar-refractivity contribution is 7.66. The van der Waals surface area contributed by atoms with Crippen molar-refractivity contribution in [2.75, 3.05) is 0 Å². The van der Waals surface area contributed by atoms with Crippen molar-refractivity contribution in [1.82, 2.24) is 0 Å². The molecule has 1 aromatic carbocycles. The van der Waals surface area contributed by atoms with Crippen molar-refractivity contribution in [2.24, 2.45) is 0 Å². The lowest BCUT2D eigenvalue weighted by Crippen LogP contribution is -1.92. The van der Waals surface area contributed by atoms with Crippen LogP contribution in [0.4, 0.5) is 8.78 Å². The molecule has 0 unspecified atom stereocenters. The van der Waals surface area contributed by atoms with E-state index in [4.69, 9.17) is 0 Å². The van der Waals surface area contributed by atoms with Gasteiger partial charge in [-0.3, -0.25) is 4.79 Å². The van der Waals surface area contributed by atoms with E-state index in [9.17, 15) is 17.8 Å². The van der Waals surface area contributed by atoms with Crippen LogP contribution in [-0.4, -0.2) is 15.4 Å². The number of hydrogen-bond acceptors (Lipinski definition) is 2. The summed E-state index contributed by atoms with van der Waals surface area (Å²) < 4.78 is 35.4. The van der Waals surface area contributed by atoms with Gasteiger partial charge >= 0.3 is 0 Å². The zero-order valence-electron chi connectivity index (χ0n) is 7.44. The van der Waals surface area contributed by atoms with Gasteiger partial charge in [-0.05, 0) is 24.3 Å². The molecule has 1 aromatic rings. The third-order valence-electron chi connectivity index (χ3n) is 1.55. The summed E-state index contributed by atoms with van der Waals surface area (Å²) in [6, 6.07) is 3.01. The smallest absolute Gasteiger partial charge is 0.191 e. The first kappa shape index (κ1) is 11.5. The summed E-state index contributed by atoms with van der Waals surface area (Å²) in [7, 11) is 0. The lowest BCUT2D eigenvalue weighted by Gasteiger charge is -1.95. The standard InChI is InChI=1S/C10H6F2O2S/c11-8-3-1-7(10(12)5-8)2-4-9(13)6-15-14/h1-6H. The molecule has 0 fully saturated rings. The Morgan fingerprint density at radius 1 is 1.33 bits per heavy atom. The summed E-state index contributed by atoms with van der Waals surface area (Å²) in [4.78, 5) is 10.8. The fourth-order valence-corrected chi connectivity index (χ4v) is 1.07. The van der Waals surface area contributed by atoms with Crippen LogP contribution in [-0.2, 0) is 16.1 Å². The number of ketones is 1. The molecule has 0 heterocycles. The summed E-state index contributed by atoms with van der Waals surface area (Å²) in [5.74, 6) is -1.97.